The van der Waals surface area contributed by atoms with Crippen LogP contribution in [0.15, 0.2) is 30.7 Å². The van der Waals surface area contributed by atoms with Gasteiger partial charge < -0.3 is 14.7 Å². The van der Waals surface area contributed by atoms with E-state index in [0.29, 0.717) is 18.2 Å². The second-order valence-electron chi connectivity index (χ2n) is 5.50. The Morgan fingerprint density at radius 3 is 3.00 bits per heavy atom. The maximum absolute atomic E-state index is 10.1. The molecule has 3 heterocycles. The van der Waals surface area contributed by atoms with E-state index in [1.165, 1.54) is 0 Å². The van der Waals surface area contributed by atoms with Crippen LogP contribution in [0.5, 0.6) is 0 Å². The zero-order valence-corrected chi connectivity index (χ0v) is 12.7. The second kappa shape index (κ2) is 5.08. The molecule has 1 aromatic carbocycles. The molecule has 1 saturated heterocycles. The topological polar surface area (TPSA) is 62.9 Å². The van der Waals surface area contributed by atoms with Crippen molar-refractivity contribution in [3.05, 3.63) is 35.7 Å². The Morgan fingerprint density at radius 2 is 2.23 bits per heavy atom. The first-order chi connectivity index (χ1) is 10.6. The molecule has 0 radical (unpaired) electrons. The number of aliphatic hydroxyl groups is 1. The van der Waals surface area contributed by atoms with E-state index < -0.39 is 6.10 Å². The predicted octanol–water partition coefficient (Wildman–Crippen LogP) is 1.73. The van der Waals surface area contributed by atoms with Gasteiger partial charge >= 0.3 is 0 Å². The summed E-state index contributed by atoms with van der Waals surface area (Å²) in [5.74, 6) is 0.766. The number of rotatable bonds is 2. The van der Waals surface area contributed by atoms with Crippen molar-refractivity contribution in [2.75, 3.05) is 25.2 Å². The van der Waals surface area contributed by atoms with E-state index in [-0.39, 0.29) is 6.04 Å². The number of benzene rings is 1. The summed E-state index contributed by atoms with van der Waals surface area (Å²) in [6, 6.07) is 5.46. The number of aromatic nitrogens is 3. The number of halogens is 1. The minimum Gasteiger partial charge on any atom is -0.388 e. The number of fused-ring (bicyclic) bond motifs is 3. The molecule has 0 unspecified atom stereocenters. The van der Waals surface area contributed by atoms with Gasteiger partial charge in [-0.05, 0) is 18.2 Å². The molecule has 0 saturated carbocycles. The van der Waals surface area contributed by atoms with Crippen molar-refractivity contribution in [3.63, 3.8) is 0 Å². The van der Waals surface area contributed by atoms with Gasteiger partial charge in [-0.3, -0.25) is 4.40 Å². The highest BCUT2D eigenvalue weighted by Gasteiger charge is 2.31. The van der Waals surface area contributed by atoms with Crippen LogP contribution in [0.3, 0.4) is 0 Å². The summed E-state index contributed by atoms with van der Waals surface area (Å²) in [5, 5.41) is 10.7. The summed E-state index contributed by atoms with van der Waals surface area (Å²) in [6.07, 6.45) is 2.99. The summed E-state index contributed by atoms with van der Waals surface area (Å²) in [6.45, 7) is 0.839. The summed E-state index contributed by atoms with van der Waals surface area (Å²) in [5.41, 5.74) is 2.60. The average molecular weight is 319 g/mol. The maximum atomic E-state index is 10.1. The lowest BCUT2D eigenvalue weighted by Gasteiger charge is -2.27. The fourth-order valence-corrected chi connectivity index (χ4v) is 3.09. The van der Waals surface area contributed by atoms with Gasteiger partial charge in [0.25, 0.3) is 0 Å². The number of likely N-dealkylation sites (N-methyl/N-ethyl adjacent to an activating group) is 1. The van der Waals surface area contributed by atoms with Gasteiger partial charge in [-0.25, -0.2) is 9.97 Å². The van der Waals surface area contributed by atoms with Crippen LogP contribution in [0.2, 0.25) is 5.02 Å². The van der Waals surface area contributed by atoms with Gasteiger partial charge in [0.2, 0.25) is 0 Å². The quantitative estimate of drug-likeness (QED) is 0.779. The molecule has 1 aliphatic rings. The molecule has 1 N–H and O–H groups in total. The van der Waals surface area contributed by atoms with Crippen molar-refractivity contribution >= 4 is 34.0 Å². The molecule has 3 aromatic rings. The lowest BCUT2D eigenvalue weighted by atomic mass is 10.2. The van der Waals surface area contributed by atoms with Crippen LogP contribution in [0, 0.1) is 0 Å². The van der Waals surface area contributed by atoms with E-state index in [0.717, 1.165) is 22.4 Å². The number of aliphatic hydroxyl groups excluding tert-OH is 1. The first-order valence-corrected chi connectivity index (χ1v) is 7.43. The standard InChI is InChI=1S/C15H15ClN4O2/c1-19(13-6-22-7-14(13)21)15-12-5-17-8-20(12)11-4-9(16)2-3-10(11)18-15/h2-5,8,13-14,21H,6-7H2,1H3/t13-,14-/m1/s1. The van der Waals surface area contributed by atoms with Crippen LogP contribution < -0.4 is 4.90 Å². The number of ether oxygens (including phenoxy) is 1. The summed E-state index contributed by atoms with van der Waals surface area (Å²) in [4.78, 5) is 10.9. The molecular formula is C15H15ClN4O2. The van der Waals surface area contributed by atoms with Gasteiger partial charge in [-0.2, -0.15) is 0 Å². The smallest absolute Gasteiger partial charge is 0.155 e. The Balaban J connectivity index is 1.92. The number of hydrogen-bond donors (Lipinski definition) is 1. The molecule has 0 bridgehead atoms. The van der Waals surface area contributed by atoms with Crippen LogP contribution in [0.1, 0.15) is 0 Å². The summed E-state index contributed by atoms with van der Waals surface area (Å²) >= 11 is 6.09. The van der Waals surface area contributed by atoms with Gasteiger partial charge in [-0.15, -0.1) is 0 Å². The van der Waals surface area contributed by atoms with Crippen molar-refractivity contribution in [2.45, 2.75) is 12.1 Å². The van der Waals surface area contributed by atoms with Crippen molar-refractivity contribution in [2.24, 2.45) is 0 Å². The van der Waals surface area contributed by atoms with Gasteiger partial charge in [0, 0.05) is 12.1 Å². The Labute approximate surface area is 131 Å². The Morgan fingerprint density at radius 1 is 1.36 bits per heavy atom. The van der Waals surface area contributed by atoms with Crippen LogP contribution in [-0.4, -0.2) is 51.9 Å². The molecule has 0 spiro atoms. The molecule has 1 aliphatic heterocycles. The molecule has 0 aliphatic carbocycles. The highest BCUT2D eigenvalue weighted by molar-refractivity contribution is 6.31. The second-order valence-corrected chi connectivity index (χ2v) is 5.94. The van der Waals surface area contributed by atoms with Crippen LogP contribution >= 0.6 is 11.6 Å². The Hall–Kier alpha value is -1.89. The zero-order chi connectivity index (χ0) is 15.3. The third-order valence-electron chi connectivity index (χ3n) is 4.14. The van der Waals surface area contributed by atoms with Gasteiger partial charge in [-0.1, -0.05) is 11.6 Å². The maximum Gasteiger partial charge on any atom is 0.155 e. The molecule has 22 heavy (non-hydrogen) atoms. The zero-order valence-electron chi connectivity index (χ0n) is 12.0. The monoisotopic (exact) mass is 318 g/mol. The Kier molecular flexibility index (Phi) is 3.18. The van der Waals surface area contributed by atoms with Gasteiger partial charge in [0.15, 0.2) is 5.82 Å². The molecule has 2 atom stereocenters. The van der Waals surface area contributed by atoms with E-state index >= 15 is 0 Å². The molecule has 114 valence electrons. The number of nitrogens with zero attached hydrogens (tertiary/aromatic N) is 4. The van der Waals surface area contributed by atoms with Crippen molar-refractivity contribution in [1.82, 2.24) is 14.4 Å². The summed E-state index contributed by atoms with van der Waals surface area (Å²) in [7, 11) is 1.92. The largest absolute Gasteiger partial charge is 0.388 e. The Bertz CT molecular complexity index is 850. The number of hydrogen-bond acceptors (Lipinski definition) is 5. The van der Waals surface area contributed by atoms with Crippen molar-refractivity contribution in [3.8, 4) is 0 Å². The van der Waals surface area contributed by atoms with Crippen molar-refractivity contribution < 1.29 is 9.84 Å². The lowest BCUT2D eigenvalue weighted by Crippen LogP contribution is -2.41. The molecule has 0 amide bonds. The molecule has 1 fully saturated rings. The average Bonchev–Trinajstić information content (AvgIpc) is 3.14. The predicted molar refractivity (Wildman–Crippen MR) is 84.5 cm³/mol. The SMILES string of the molecule is CN(c1nc2ccc(Cl)cc2n2cncc12)[C@@H]1COC[C@H]1O. The first kappa shape index (κ1) is 13.8. The van der Waals surface area contributed by atoms with E-state index in [4.69, 9.17) is 21.3 Å². The van der Waals surface area contributed by atoms with E-state index in [9.17, 15) is 5.11 Å². The fourth-order valence-electron chi connectivity index (χ4n) is 2.93. The minimum absolute atomic E-state index is 0.115. The number of anilines is 1. The minimum atomic E-state index is -0.518. The fraction of sp³-hybridized carbons (Fsp3) is 0.333. The van der Waals surface area contributed by atoms with Gasteiger partial charge in [0.1, 0.15) is 5.52 Å². The molecular weight excluding hydrogens is 304 g/mol. The normalized spacial score (nSPS) is 21.8. The molecule has 4 rings (SSSR count). The lowest BCUT2D eigenvalue weighted by molar-refractivity contribution is 0.124. The van der Waals surface area contributed by atoms with Crippen LogP contribution in [0.4, 0.5) is 5.82 Å². The highest BCUT2D eigenvalue weighted by Crippen LogP contribution is 2.28. The molecule has 2 aromatic heterocycles. The van der Waals surface area contributed by atoms with E-state index in [1.54, 1.807) is 12.5 Å². The highest BCUT2D eigenvalue weighted by atomic mass is 35.5. The van der Waals surface area contributed by atoms with E-state index in [2.05, 4.69) is 4.98 Å². The molecule has 6 nitrogen and oxygen atoms in total. The number of imidazole rings is 1. The van der Waals surface area contributed by atoms with Crippen LogP contribution in [-0.2, 0) is 4.74 Å². The third-order valence-corrected chi connectivity index (χ3v) is 4.38. The third kappa shape index (κ3) is 2.03. The van der Waals surface area contributed by atoms with Crippen LogP contribution in [0.25, 0.3) is 16.6 Å². The molecule has 7 heteroatoms. The van der Waals surface area contributed by atoms with E-state index in [1.807, 2.05) is 34.5 Å². The summed E-state index contributed by atoms with van der Waals surface area (Å²) < 4.78 is 7.31. The van der Waals surface area contributed by atoms with Crippen molar-refractivity contribution in [1.29, 1.82) is 0 Å². The van der Waals surface area contributed by atoms with Gasteiger partial charge in [0.05, 0.1) is 48.9 Å². The first-order valence-electron chi connectivity index (χ1n) is 7.05.